The fourth-order valence-electron chi connectivity index (χ4n) is 7.07. The number of imidazole rings is 1. The van der Waals surface area contributed by atoms with Gasteiger partial charge in [-0.2, -0.15) is 0 Å². The standard InChI is InChI=1S/C39H23N3O/c1-2-12-29-27(10-1)28-11-3-6-16-32(28)42-38(29)40-37-30-13-4-7-17-33(30)41(39(37)42)25-22-20-24(21-23-25)26-15-9-19-35-36(26)31-14-5-8-18-34(31)43-35/h1-23H. The lowest BCUT2D eigenvalue weighted by molar-refractivity contribution is 0.669. The lowest BCUT2D eigenvalue weighted by Gasteiger charge is -2.13. The lowest BCUT2D eigenvalue weighted by Crippen LogP contribution is -1.99. The van der Waals surface area contributed by atoms with Crippen LogP contribution in [0, 0.1) is 0 Å². The first-order valence-corrected chi connectivity index (χ1v) is 14.6. The van der Waals surface area contributed by atoms with Crippen molar-refractivity contribution in [2.24, 2.45) is 0 Å². The maximum Gasteiger partial charge on any atom is 0.151 e. The zero-order valence-corrected chi connectivity index (χ0v) is 23.0. The average molecular weight is 550 g/mol. The smallest absolute Gasteiger partial charge is 0.151 e. The monoisotopic (exact) mass is 549 g/mol. The predicted molar refractivity (Wildman–Crippen MR) is 177 cm³/mol. The highest BCUT2D eigenvalue weighted by Gasteiger charge is 2.21. The molecule has 0 saturated heterocycles. The molecule has 4 heteroatoms. The van der Waals surface area contributed by atoms with E-state index in [1.165, 1.54) is 16.3 Å². The third-order valence-electron chi connectivity index (χ3n) is 8.91. The van der Waals surface area contributed by atoms with E-state index in [1.807, 2.05) is 12.1 Å². The van der Waals surface area contributed by atoms with Crippen molar-refractivity contribution in [1.29, 1.82) is 0 Å². The van der Waals surface area contributed by atoms with E-state index in [9.17, 15) is 0 Å². The number of rotatable bonds is 2. The van der Waals surface area contributed by atoms with Crippen molar-refractivity contribution >= 4 is 71.3 Å². The van der Waals surface area contributed by atoms with Crippen LogP contribution in [0.15, 0.2) is 144 Å². The molecule has 6 aromatic carbocycles. The average Bonchev–Trinajstić information content (AvgIpc) is 3.74. The first-order valence-electron chi connectivity index (χ1n) is 14.6. The van der Waals surface area contributed by atoms with E-state index in [2.05, 4.69) is 136 Å². The molecule has 4 aromatic heterocycles. The van der Waals surface area contributed by atoms with Gasteiger partial charge in [0.2, 0.25) is 0 Å². The molecular formula is C39H23N3O. The van der Waals surface area contributed by atoms with Crippen molar-refractivity contribution in [3.63, 3.8) is 0 Å². The van der Waals surface area contributed by atoms with Crippen LogP contribution in [-0.4, -0.2) is 14.0 Å². The summed E-state index contributed by atoms with van der Waals surface area (Å²) in [5.41, 5.74) is 10.6. The van der Waals surface area contributed by atoms with E-state index in [4.69, 9.17) is 9.40 Å². The van der Waals surface area contributed by atoms with E-state index in [0.29, 0.717) is 0 Å². The molecule has 0 amide bonds. The molecule has 0 bridgehead atoms. The Hall–Kier alpha value is -5.87. The number of pyridine rings is 1. The van der Waals surface area contributed by atoms with Gasteiger partial charge in [0.15, 0.2) is 5.65 Å². The van der Waals surface area contributed by atoms with Crippen molar-refractivity contribution in [3.8, 4) is 16.8 Å². The van der Waals surface area contributed by atoms with Crippen LogP contribution in [0.3, 0.4) is 0 Å². The van der Waals surface area contributed by atoms with Crippen molar-refractivity contribution in [2.45, 2.75) is 0 Å². The highest BCUT2D eigenvalue weighted by molar-refractivity contribution is 6.17. The minimum atomic E-state index is 0.908. The zero-order valence-electron chi connectivity index (χ0n) is 23.0. The first kappa shape index (κ1) is 22.8. The molecule has 0 saturated carbocycles. The van der Waals surface area contributed by atoms with Gasteiger partial charge in [-0.15, -0.1) is 0 Å². The van der Waals surface area contributed by atoms with Gasteiger partial charge in [0.1, 0.15) is 22.3 Å². The van der Waals surface area contributed by atoms with Crippen LogP contribution in [0.1, 0.15) is 0 Å². The summed E-state index contributed by atoms with van der Waals surface area (Å²) in [7, 11) is 0. The van der Waals surface area contributed by atoms with Crippen LogP contribution < -0.4 is 0 Å². The zero-order chi connectivity index (χ0) is 28.1. The van der Waals surface area contributed by atoms with Gasteiger partial charge in [0.25, 0.3) is 0 Å². The van der Waals surface area contributed by atoms with E-state index < -0.39 is 0 Å². The summed E-state index contributed by atoms with van der Waals surface area (Å²) in [6, 6.07) is 49.3. The fraction of sp³-hybridized carbons (Fsp3) is 0. The normalized spacial score (nSPS) is 12.2. The van der Waals surface area contributed by atoms with Gasteiger partial charge < -0.3 is 4.42 Å². The van der Waals surface area contributed by atoms with Crippen LogP contribution in [0.25, 0.3) is 88.1 Å². The molecule has 0 aliphatic carbocycles. The van der Waals surface area contributed by atoms with Crippen molar-refractivity contribution in [2.75, 3.05) is 0 Å². The van der Waals surface area contributed by atoms with Gasteiger partial charge in [0, 0.05) is 32.6 Å². The molecular weight excluding hydrogens is 526 g/mol. The fourth-order valence-corrected chi connectivity index (χ4v) is 7.07. The highest BCUT2D eigenvalue weighted by atomic mass is 16.3. The Kier molecular flexibility index (Phi) is 4.42. The summed E-state index contributed by atoms with van der Waals surface area (Å²) in [5.74, 6) is 0. The molecule has 0 atom stereocenters. The molecule has 200 valence electrons. The number of hydrogen-bond acceptors (Lipinski definition) is 2. The number of aromatic nitrogens is 3. The number of furan rings is 1. The van der Waals surface area contributed by atoms with E-state index in [1.54, 1.807) is 0 Å². The van der Waals surface area contributed by atoms with Crippen molar-refractivity contribution in [1.82, 2.24) is 14.0 Å². The molecule has 4 heterocycles. The summed E-state index contributed by atoms with van der Waals surface area (Å²) in [6.07, 6.45) is 0. The first-order chi connectivity index (χ1) is 21.3. The summed E-state index contributed by atoms with van der Waals surface area (Å²) in [4.78, 5) is 5.32. The third kappa shape index (κ3) is 3.02. The summed E-state index contributed by atoms with van der Waals surface area (Å²) in [5, 5.41) is 7.04. The largest absolute Gasteiger partial charge is 0.456 e. The number of para-hydroxylation sites is 3. The van der Waals surface area contributed by atoms with Crippen LogP contribution in [0.2, 0.25) is 0 Å². The Morgan fingerprint density at radius 3 is 1.98 bits per heavy atom. The molecule has 10 rings (SSSR count). The molecule has 0 N–H and O–H groups in total. The maximum absolute atomic E-state index is 6.18. The van der Waals surface area contributed by atoms with E-state index in [0.717, 1.165) is 71.8 Å². The third-order valence-corrected chi connectivity index (χ3v) is 8.91. The number of nitrogens with zero attached hydrogens (tertiary/aromatic N) is 3. The van der Waals surface area contributed by atoms with Gasteiger partial charge >= 0.3 is 0 Å². The topological polar surface area (TPSA) is 35.4 Å². The summed E-state index contributed by atoms with van der Waals surface area (Å²) < 4.78 is 10.9. The molecule has 0 spiro atoms. The van der Waals surface area contributed by atoms with Gasteiger partial charge in [-0.05, 0) is 52.9 Å². The minimum Gasteiger partial charge on any atom is -0.456 e. The van der Waals surface area contributed by atoms with Gasteiger partial charge in [-0.3, -0.25) is 8.97 Å². The minimum absolute atomic E-state index is 0.908. The molecule has 4 nitrogen and oxygen atoms in total. The van der Waals surface area contributed by atoms with E-state index in [-0.39, 0.29) is 0 Å². The second-order valence-corrected chi connectivity index (χ2v) is 11.2. The second-order valence-electron chi connectivity index (χ2n) is 11.2. The Morgan fingerprint density at radius 1 is 0.488 bits per heavy atom. The molecule has 0 aliphatic heterocycles. The lowest BCUT2D eigenvalue weighted by atomic mass is 9.99. The molecule has 43 heavy (non-hydrogen) atoms. The second kappa shape index (κ2) is 8.34. The number of hydrogen-bond donors (Lipinski definition) is 0. The molecule has 0 fully saturated rings. The van der Waals surface area contributed by atoms with Gasteiger partial charge in [0.05, 0.1) is 11.0 Å². The van der Waals surface area contributed by atoms with E-state index >= 15 is 0 Å². The van der Waals surface area contributed by atoms with Crippen LogP contribution in [-0.2, 0) is 0 Å². The molecule has 0 radical (unpaired) electrons. The van der Waals surface area contributed by atoms with Crippen molar-refractivity contribution in [3.05, 3.63) is 140 Å². The van der Waals surface area contributed by atoms with Crippen LogP contribution in [0.5, 0.6) is 0 Å². The Labute approximate surface area is 245 Å². The number of fused-ring (bicyclic) bond motifs is 13. The number of benzene rings is 6. The quantitative estimate of drug-likeness (QED) is 0.201. The van der Waals surface area contributed by atoms with Crippen molar-refractivity contribution < 1.29 is 4.42 Å². The highest BCUT2D eigenvalue weighted by Crippen LogP contribution is 2.39. The summed E-state index contributed by atoms with van der Waals surface area (Å²) >= 11 is 0. The Morgan fingerprint density at radius 2 is 1.14 bits per heavy atom. The Balaban J connectivity index is 1.27. The van der Waals surface area contributed by atoms with Gasteiger partial charge in [-0.1, -0.05) is 103 Å². The maximum atomic E-state index is 6.18. The van der Waals surface area contributed by atoms with Gasteiger partial charge in [-0.25, -0.2) is 4.98 Å². The molecule has 0 unspecified atom stereocenters. The Bertz CT molecular complexity index is 2720. The molecule has 0 aliphatic rings. The SMILES string of the molecule is c1ccc2c(c1)oc1cccc(-c3ccc(-n4c5ccccc5c5nc6c7ccccc7c7ccccc7n6c54)cc3)c12. The van der Waals surface area contributed by atoms with Crippen LogP contribution in [0.4, 0.5) is 0 Å². The predicted octanol–water partition coefficient (Wildman–Crippen LogP) is 10.3. The van der Waals surface area contributed by atoms with Crippen LogP contribution >= 0.6 is 0 Å². The summed E-state index contributed by atoms with van der Waals surface area (Å²) in [6.45, 7) is 0. The molecule has 10 aromatic rings.